The molecule has 18 heavy (non-hydrogen) atoms. The van der Waals surface area contributed by atoms with E-state index < -0.39 is 15.9 Å². The summed E-state index contributed by atoms with van der Waals surface area (Å²) < 4.78 is 31.8. The molecular formula is C12H10O5S. The molecule has 0 heterocycles. The van der Waals surface area contributed by atoms with Crippen molar-refractivity contribution in [1.29, 1.82) is 0 Å². The first kappa shape index (κ1) is 12.5. The molecule has 0 spiro atoms. The number of benzene rings is 2. The number of ketones is 1. The molecule has 0 fully saturated rings. The summed E-state index contributed by atoms with van der Waals surface area (Å²) >= 11 is 0. The van der Waals surface area contributed by atoms with Gasteiger partial charge in [0.1, 0.15) is 10.6 Å². The maximum atomic E-state index is 11.4. The van der Waals surface area contributed by atoms with E-state index in [4.69, 9.17) is 4.55 Å². The number of fused-ring (bicyclic) bond motifs is 1. The summed E-state index contributed by atoms with van der Waals surface area (Å²) in [5.41, 5.74) is -0.138. The predicted molar refractivity (Wildman–Crippen MR) is 65.4 cm³/mol. The van der Waals surface area contributed by atoms with Gasteiger partial charge in [-0.15, -0.1) is 0 Å². The molecule has 2 aromatic carbocycles. The van der Waals surface area contributed by atoms with E-state index >= 15 is 0 Å². The normalized spacial score (nSPS) is 11.7. The van der Waals surface area contributed by atoms with Crippen molar-refractivity contribution < 1.29 is 22.9 Å². The van der Waals surface area contributed by atoms with Crippen molar-refractivity contribution in [3.63, 3.8) is 0 Å². The Kier molecular flexibility index (Phi) is 2.84. The smallest absolute Gasteiger partial charge is 0.295 e. The molecule has 0 atom stereocenters. The van der Waals surface area contributed by atoms with Gasteiger partial charge in [-0.05, 0) is 13.0 Å². The molecule has 0 saturated carbocycles. The van der Waals surface area contributed by atoms with E-state index in [-0.39, 0.29) is 27.0 Å². The Labute approximate surface area is 103 Å². The Morgan fingerprint density at radius 1 is 1.17 bits per heavy atom. The Balaban J connectivity index is 3.03. The van der Waals surface area contributed by atoms with Gasteiger partial charge in [-0.1, -0.05) is 24.3 Å². The molecule has 2 N–H and O–H groups in total. The van der Waals surface area contributed by atoms with E-state index in [9.17, 15) is 18.3 Å². The molecular weight excluding hydrogens is 256 g/mol. The zero-order chi connectivity index (χ0) is 13.5. The number of aromatic hydroxyl groups is 1. The Bertz CT molecular complexity index is 746. The highest BCUT2D eigenvalue weighted by Gasteiger charge is 2.20. The topological polar surface area (TPSA) is 91.7 Å². The summed E-state index contributed by atoms with van der Waals surface area (Å²) in [6, 6.07) is 7.08. The minimum Gasteiger partial charge on any atom is -0.507 e. The minimum absolute atomic E-state index is 0.138. The molecule has 0 bridgehead atoms. The summed E-state index contributed by atoms with van der Waals surface area (Å²) in [6.07, 6.45) is 0. The lowest BCUT2D eigenvalue weighted by Crippen LogP contribution is -2.03. The highest BCUT2D eigenvalue weighted by atomic mass is 32.2. The van der Waals surface area contributed by atoms with Gasteiger partial charge in [0.25, 0.3) is 10.1 Å². The van der Waals surface area contributed by atoms with Crippen LogP contribution in [-0.2, 0) is 10.1 Å². The highest BCUT2D eigenvalue weighted by molar-refractivity contribution is 7.86. The van der Waals surface area contributed by atoms with Crippen LogP contribution in [0.3, 0.4) is 0 Å². The van der Waals surface area contributed by atoms with Gasteiger partial charge in [-0.3, -0.25) is 9.35 Å². The first-order valence-corrected chi connectivity index (χ1v) is 6.49. The standard InChI is InChI=1S/C12H10O5S/c1-7(13)10-6-11(18(15,16)17)8-4-2-3-5-9(8)12(10)14/h2-6,14H,1H3,(H,15,16,17). The van der Waals surface area contributed by atoms with Gasteiger partial charge < -0.3 is 5.11 Å². The fourth-order valence-corrected chi connectivity index (χ4v) is 2.53. The second-order valence-corrected chi connectivity index (χ2v) is 5.24. The van der Waals surface area contributed by atoms with Gasteiger partial charge >= 0.3 is 0 Å². The van der Waals surface area contributed by atoms with Crippen molar-refractivity contribution in [2.24, 2.45) is 0 Å². The molecule has 2 rings (SSSR count). The van der Waals surface area contributed by atoms with Crippen molar-refractivity contribution in [3.8, 4) is 5.75 Å². The molecule has 5 nitrogen and oxygen atoms in total. The van der Waals surface area contributed by atoms with Crippen LogP contribution in [0.15, 0.2) is 35.2 Å². The average Bonchev–Trinajstić information content (AvgIpc) is 2.27. The van der Waals surface area contributed by atoms with Gasteiger partial charge in [-0.25, -0.2) is 0 Å². The van der Waals surface area contributed by atoms with Gasteiger partial charge in [0.15, 0.2) is 5.78 Å². The number of rotatable bonds is 2. The van der Waals surface area contributed by atoms with Crippen molar-refractivity contribution in [3.05, 3.63) is 35.9 Å². The van der Waals surface area contributed by atoms with E-state index in [1.54, 1.807) is 12.1 Å². The summed E-state index contributed by atoms with van der Waals surface area (Å²) in [4.78, 5) is 11.0. The lowest BCUT2D eigenvalue weighted by Gasteiger charge is -2.09. The number of phenols is 1. The third-order valence-corrected chi connectivity index (χ3v) is 3.53. The number of hydrogen-bond donors (Lipinski definition) is 2. The SMILES string of the molecule is CC(=O)c1cc(S(=O)(=O)O)c2ccccc2c1O. The van der Waals surface area contributed by atoms with E-state index in [0.717, 1.165) is 6.07 Å². The van der Waals surface area contributed by atoms with Gasteiger partial charge in [0, 0.05) is 10.8 Å². The zero-order valence-corrected chi connectivity index (χ0v) is 10.2. The molecule has 0 unspecified atom stereocenters. The maximum Gasteiger partial charge on any atom is 0.295 e. The molecule has 2 aromatic rings. The third-order valence-electron chi connectivity index (χ3n) is 2.64. The predicted octanol–water partition coefficient (Wildman–Crippen LogP) is 1.99. The Morgan fingerprint density at radius 3 is 2.22 bits per heavy atom. The minimum atomic E-state index is -4.47. The van der Waals surface area contributed by atoms with Crippen molar-refractivity contribution >= 4 is 26.7 Å². The largest absolute Gasteiger partial charge is 0.507 e. The highest BCUT2D eigenvalue weighted by Crippen LogP contribution is 2.33. The van der Waals surface area contributed by atoms with Gasteiger partial charge in [-0.2, -0.15) is 8.42 Å². The molecule has 0 radical (unpaired) electrons. The first-order valence-electron chi connectivity index (χ1n) is 5.05. The van der Waals surface area contributed by atoms with E-state index in [0.29, 0.717) is 0 Å². The summed E-state index contributed by atoms with van der Waals surface area (Å²) in [7, 11) is -4.47. The monoisotopic (exact) mass is 266 g/mol. The van der Waals surface area contributed by atoms with E-state index in [2.05, 4.69) is 0 Å². The maximum absolute atomic E-state index is 11.4. The Hall–Kier alpha value is -1.92. The zero-order valence-electron chi connectivity index (χ0n) is 9.41. The van der Waals surface area contributed by atoms with Crippen molar-refractivity contribution in [2.75, 3.05) is 0 Å². The summed E-state index contributed by atoms with van der Waals surface area (Å²) in [5.74, 6) is -0.770. The third kappa shape index (κ3) is 1.96. The molecule has 0 aliphatic rings. The second kappa shape index (κ2) is 4.08. The molecule has 0 aliphatic carbocycles. The van der Waals surface area contributed by atoms with Crippen LogP contribution < -0.4 is 0 Å². The first-order chi connectivity index (χ1) is 8.32. The number of hydrogen-bond acceptors (Lipinski definition) is 4. The van der Waals surface area contributed by atoms with Crippen LogP contribution in [0.4, 0.5) is 0 Å². The van der Waals surface area contributed by atoms with Crippen molar-refractivity contribution in [2.45, 2.75) is 11.8 Å². The summed E-state index contributed by atoms with van der Waals surface area (Å²) in [5, 5.41) is 10.3. The van der Waals surface area contributed by atoms with Crippen LogP contribution in [0, 0.1) is 0 Å². The number of carbonyl (C=O) groups excluding carboxylic acids is 1. The molecule has 94 valence electrons. The van der Waals surface area contributed by atoms with Crippen molar-refractivity contribution in [1.82, 2.24) is 0 Å². The second-order valence-electron chi connectivity index (χ2n) is 3.85. The summed E-state index contributed by atoms with van der Waals surface area (Å²) in [6.45, 7) is 1.21. The number of phenolic OH excluding ortho intramolecular Hbond substituents is 1. The molecule has 0 amide bonds. The van der Waals surface area contributed by atoms with Gasteiger partial charge in [0.05, 0.1) is 5.56 Å². The lowest BCUT2D eigenvalue weighted by molar-refractivity contribution is 0.101. The lowest BCUT2D eigenvalue weighted by atomic mass is 10.0. The molecule has 0 aliphatic heterocycles. The quantitative estimate of drug-likeness (QED) is 0.640. The average molecular weight is 266 g/mol. The fraction of sp³-hybridized carbons (Fsp3) is 0.0833. The van der Waals surface area contributed by atoms with Crippen LogP contribution in [0.1, 0.15) is 17.3 Å². The number of carbonyl (C=O) groups is 1. The molecule has 0 saturated heterocycles. The molecule has 6 heteroatoms. The van der Waals surface area contributed by atoms with Crippen LogP contribution in [0.5, 0.6) is 5.75 Å². The Morgan fingerprint density at radius 2 is 1.72 bits per heavy atom. The van der Waals surface area contributed by atoms with Crippen LogP contribution in [0.2, 0.25) is 0 Å². The number of Topliss-reactive ketones (excluding diaryl/α,β-unsaturated/α-hetero) is 1. The van der Waals surface area contributed by atoms with Crippen LogP contribution in [-0.4, -0.2) is 23.9 Å². The van der Waals surface area contributed by atoms with Crippen LogP contribution in [0.25, 0.3) is 10.8 Å². The molecule has 0 aromatic heterocycles. The van der Waals surface area contributed by atoms with E-state index in [1.807, 2.05) is 0 Å². The van der Waals surface area contributed by atoms with Crippen LogP contribution >= 0.6 is 0 Å². The van der Waals surface area contributed by atoms with Gasteiger partial charge in [0.2, 0.25) is 0 Å². The fourth-order valence-electron chi connectivity index (χ4n) is 1.81. The van der Waals surface area contributed by atoms with E-state index in [1.165, 1.54) is 19.1 Å².